The molecule has 0 aromatic carbocycles. The first kappa shape index (κ1) is 13.0. The fraction of sp³-hybridized carbons (Fsp3) is 0.400. The monoisotopic (exact) mass is 261 g/mol. The van der Waals surface area contributed by atoms with Gasteiger partial charge in [-0.2, -0.15) is 0 Å². The summed E-state index contributed by atoms with van der Waals surface area (Å²) < 4.78 is 0.612. The first-order valence-corrected chi connectivity index (χ1v) is 5.89. The number of carbonyl (C=O) groups is 2. The average molecular weight is 262 g/mol. The summed E-state index contributed by atoms with van der Waals surface area (Å²) in [6.45, 7) is 3.14. The van der Waals surface area contributed by atoms with Crippen molar-refractivity contribution in [2.45, 2.75) is 25.8 Å². The molecule has 1 heterocycles. The summed E-state index contributed by atoms with van der Waals surface area (Å²) in [6, 6.07) is 2.60. The highest BCUT2D eigenvalue weighted by atomic mass is 35.5. The molecule has 1 aromatic rings. The summed E-state index contributed by atoms with van der Waals surface area (Å²) in [6.07, 6.45) is 0. The zero-order valence-electron chi connectivity index (χ0n) is 8.86. The Bertz CT molecular complexity index is 405. The molecule has 0 saturated carbocycles. The van der Waals surface area contributed by atoms with Gasteiger partial charge in [0.25, 0.3) is 0 Å². The van der Waals surface area contributed by atoms with Crippen molar-refractivity contribution in [1.82, 2.24) is 5.32 Å². The molecule has 2 N–H and O–H groups in total. The van der Waals surface area contributed by atoms with Crippen molar-refractivity contribution in [1.29, 1.82) is 0 Å². The molecule has 0 aliphatic heterocycles. The van der Waals surface area contributed by atoms with Crippen LogP contribution >= 0.6 is 22.9 Å². The van der Waals surface area contributed by atoms with Gasteiger partial charge in [0.15, 0.2) is 0 Å². The Morgan fingerprint density at radius 2 is 2.06 bits per heavy atom. The Hall–Kier alpha value is -1.07. The highest BCUT2D eigenvalue weighted by Crippen LogP contribution is 2.28. The number of amides is 1. The van der Waals surface area contributed by atoms with Gasteiger partial charge >= 0.3 is 5.97 Å². The van der Waals surface area contributed by atoms with E-state index in [0.717, 1.165) is 4.88 Å². The number of carboxylic acids is 1. The Balaban J connectivity index is 2.64. The zero-order chi connectivity index (χ0) is 12.3. The van der Waals surface area contributed by atoms with E-state index >= 15 is 0 Å². The summed E-state index contributed by atoms with van der Waals surface area (Å²) in [7, 11) is 0. The van der Waals surface area contributed by atoms with Gasteiger partial charge in [0.05, 0.1) is 10.3 Å². The number of aliphatic carboxylic acids is 1. The van der Waals surface area contributed by atoms with E-state index in [9.17, 15) is 9.59 Å². The van der Waals surface area contributed by atoms with E-state index in [-0.39, 0.29) is 11.8 Å². The van der Waals surface area contributed by atoms with Crippen LogP contribution in [0.4, 0.5) is 0 Å². The van der Waals surface area contributed by atoms with Gasteiger partial charge in [0.2, 0.25) is 5.91 Å². The van der Waals surface area contributed by atoms with E-state index in [1.54, 1.807) is 19.1 Å². The predicted molar refractivity (Wildman–Crippen MR) is 63.0 cm³/mol. The van der Waals surface area contributed by atoms with Gasteiger partial charge in [0, 0.05) is 4.88 Å². The molecule has 88 valence electrons. The van der Waals surface area contributed by atoms with Crippen LogP contribution in [0, 0.1) is 0 Å². The van der Waals surface area contributed by atoms with Crippen LogP contribution in [0.1, 0.15) is 24.6 Å². The van der Waals surface area contributed by atoms with Gasteiger partial charge in [-0.05, 0) is 26.0 Å². The van der Waals surface area contributed by atoms with Crippen molar-refractivity contribution in [3.8, 4) is 0 Å². The number of carboxylic acid groups (broad SMARTS) is 1. The minimum Gasteiger partial charge on any atom is -0.480 e. The molecule has 0 aliphatic rings. The molecule has 0 fully saturated rings. The van der Waals surface area contributed by atoms with E-state index in [4.69, 9.17) is 16.7 Å². The van der Waals surface area contributed by atoms with Gasteiger partial charge in [-0.25, -0.2) is 0 Å². The van der Waals surface area contributed by atoms with E-state index in [0.29, 0.717) is 4.34 Å². The molecule has 1 amide bonds. The van der Waals surface area contributed by atoms with Crippen LogP contribution in [0.5, 0.6) is 0 Å². The van der Waals surface area contributed by atoms with Crippen LogP contribution in [0.15, 0.2) is 12.1 Å². The number of rotatable bonds is 4. The number of halogens is 1. The van der Waals surface area contributed by atoms with E-state index in [1.165, 1.54) is 18.3 Å². The predicted octanol–water partition coefficient (Wildman–Crippen LogP) is 2.09. The molecule has 0 saturated heterocycles. The molecular weight excluding hydrogens is 250 g/mol. The zero-order valence-corrected chi connectivity index (χ0v) is 10.4. The molecule has 2 atom stereocenters. The van der Waals surface area contributed by atoms with Crippen molar-refractivity contribution >= 4 is 34.8 Å². The van der Waals surface area contributed by atoms with Gasteiger partial charge in [-0.15, -0.1) is 11.3 Å². The Kier molecular flexibility index (Phi) is 4.32. The molecular formula is C10H12ClNO3S. The minimum atomic E-state index is -1.05. The molecule has 4 nitrogen and oxygen atoms in total. The normalized spacial score (nSPS) is 14.2. The summed E-state index contributed by atoms with van der Waals surface area (Å²) in [5.74, 6) is -1.75. The van der Waals surface area contributed by atoms with Crippen molar-refractivity contribution in [3.05, 3.63) is 21.3 Å². The van der Waals surface area contributed by atoms with Crippen LogP contribution in [-0.2, 0) is 9.59 Å². The molecule has 6 heteroatoms. The molecule has 0 bridgehead atoms. The van der Waals surface area contributed by atoms with Crippen LogP contribution < -0.4 is 5.32 Å². The van der Waals surface area contributed by atoms with Gasteiger partial charge in [-0.3, -0.25) is 9.59 Å². The lowest BCUT2D eigenvalue weighted by atomic mass is 10.1. The lowest BCUT2D eigenvalue weighted by Crippen LogP contribution is -2.40. The fourth-order valence-electron chi connectivity index (χ4n) is 1.09. The number of nitrogens with one attached hydrogen (secondary N) is 1. The quantitative estimate of drug-likeness (QED) is 0.872. The second-order valence-electron chi connectivity index (χ2n) is 3.43. The second-order valence-corrected chi connectivity index (χ2v) is 5.18. The Morgan fingerprint density at radius 3 is 2.50 bits per heavy atom. The maximum atomic E-state index is 11.7. The average Bonchev–Trinajstić information content (AvgIpc) is 2.63. The van der Waals surface area contributed by atoms with E-state index in [2.05, 4.69) is 5.32 Å². The lowest BCUT2D eigenvalue weighted by molar-refractivity contribution is -0.141. The first-order valence-electron chi connectivity index (χ1n) is 4.70. The summed E-state index contributed by atoms with van der Waals surface area (Å²) in [4.78, 5) is 23.0. The number of thiophene rings is 1. The highest BCUT2D eigenvalue weighted by molar-refractivity contribution is 7.16. The molecule has 0 aliphatic carbocycles. The summed E-state index contributed by atoms with van der Waals surface area (Å²) >= 11 is 7.07. The summed E-state index contributed by atoms with van der Waals surface area (Å²) in [5, 5.41) is 11.1. The molecule has 1 aromatic heterocycles. The maximum absolute atomic E-state index is 11.7. The van der Waals surface area contributed by atoms with Crippen LogP contribution in [0.25, 0.3) is 0 Å². The van der Waals surface area contributed by atoms with Crippen LogP contribution in [-0.4, -0.2) is 23.0 Å². The minimum absolute atomic E-state index is 0.312. The Morgan fingerprint density at radius 1 is 1.44 bits per heavy atom. The lowest BCUT2D eigenvalue weighted by Gasteiger charge is -2.13. The van der Waals surface area contributed by atoms with E-state index < -0.39 is 12.0 Å². The molecule has 0 radical (unpaired) electrons. The molecule has 16 heavy (non-hydrogen) atoms. The topological polar surface area (TPSA) is 66.4 Å². The van der Waals surface area contributed by atoms with Crippen LogP contribution in [0.2, 0.25) is 4.34 Å². The van der Waals surface area contributed by atoms with E-state index in [1.807, 2.05) is 0 Å². The number of hydrogen-bond donors (Lipinski definition) is 2. The Labute approximate surface area is 102 Å². The maximum Gasteiger partial charge on any atom is 0.325 e. The number of hydrogen-bond acceptors (Lipinski definition) is 3. The summed E-state index contributed by atoms with van der Waals surface area (Å²) in [5.41, 5.74) is 0. The molecule has 0 spiro atoms. The number of carbonyl (C=O) groups excluding carboxylic acids is 1. The van der Waals surface area contributed by atoms with Gasteiger partial charge in [-0.1, -0.05) is 11.6 Å². The largest absolute Gasteiger partial charge is 0.480 e. The van der Waals surface area contributed by atoms with Crippen molar-refractivity contribution in [2.75, 3.05) is 0 Å². The highest BCUT2D eigenvalue weighted by Gasteiger charge is 2.21. The van der Waals surface area contributed by atoms with Crippen molar-refractivity contribution < 1.29 is 14.7 Å². The van der Waals surface area contributed by atoms with Gasteiger partial charge in [0.1, 0.15) is 6.04 Å². The molecule has 2 unspecified atom stereocenters. The molecule has 1 rings (SSSR count). The first-order chi connectivity index (χ1) is 7.41. The van der Waals surface area contributed by atoms with Gasteiger partial charge < -0.3 is 10.4 Å². The van der Waals surface area contributed by atoms with Crippen LogP contribution in [0.3, 0.4) is 0 Å². The third-order valence-electron chi connectivity index (χ3n) is 2.14. The standard InChI is InChI=1S/C10H12ClNO3S/c1-5(7-3-4-8(11)16-7)9(13)12-6(2)10(14)15/h3-6H,1-2H3,(H,12,13)(H,14,15). The van der Waals surface area contributed by atoms with Crippen molar-refractivity contribution in [3.63, 3.8) is 0 Å². The third kappa shape index (κ3) is 3.21. The van der Waals surface area contributed by atoms with Crippen molar-refractivity contribution in [2.24, 2.45) is 0 Å². The third-order valence-corrected chi connectivity index (χ3v) is 3.56. The fourth-order valence-corrected chi connectivity index (χ4v) is 2.20. The smallest absolute Gasteiger partial charge is 0.325 e. The SMILES string of the molecule is CC(NC(=O)C(C)c1ccc(Cl)s1)C(=O)O. The second kappa shape index (κ2) is 5.32.